The number of hydrogen-bond donors (Lipinski definition) is 1. The highest BCUT2D eigenvalue weighted by atomic mass is 16.2. The Balaban J connectivity index is 1.84. The van der Waals surface area contributed by atoms with Crippen molar-refractivity contribution < 1.29 is 4.79 Å². The SMILES string of the molecule is C[C@@H](N)CC(=O)N1CCC[C@@]2(CCCc3ccccc32)C1. The molecule has 2 atom stereocenters. The molecule has 3 nitrogen and oxygen atoms in total. The van der Waals surface area contributed by atoms with Crippen molar-refractivity contribution in [3.63, 3.8) is 0 Å². The van der Waals surface area contributed by atoms with E-state index in [1.807, 2.05) is 6.92 Å². The molecule has 0 radical (unpaired) electrons. The molecule has 21 heavy (non-hydrogen) atoms. The van der Waals surface area contributed by atoms with Crippen LogP contribution in [-0.2, 0) is 16.6 Å². The minimum atomic E-state index is -0.0472. The lowest BCUT2D eigenvalue weighted by atomic mass is 9.66. The molecule has 0 aromatic heterocycles. The number of piperidine rings is 1. The Morgan fingerprint density at radius 1 is 1.33 bits per heavy atom. The quantitative estimate of drug-likeness (QED) is 0.908. The maximum Gasteiger partial charge on any atom is 0.224 e. The fraction of sp³-hybridized carbons (Fsp3) is 0.611. The second kappa shape index (κ2) is 5.80. The second-order valence-electron chi connectivity index (χ2n) is 6.89. The van der Waals surface area contributed by atoms with Crippen molar-refractivity contribution in [2.45, 2.75) is 56.9 Å². The molecule has 1 heterocycles. The summed E-state index contributed by atoms with van der Waals surface area (Å²) in [5, 5.41) is 0. The third-order valence-corrected chi connectivity index (χ3v) is 5.12. The van der Waals surface area contributed by atoms with E-state index >= 15 is 0 Å². The predicted octanol–water partition coefficient (Wildman–Crippen LogP) is 2.62. The van der Waals surface area contributed by atoms with Gasteiger partial charge in [-0.1, -0.05) is 24.3 Å². The van der Waals surface area contributed by atoms with Crippen LogP contribution in [0.25, 0.3) is 0 Å². The first-order chi connectivity index (χ1) is 10.1. The number of likely N-dealkylation sites (tertiary alicyclic amines) is 1. The van der Waals surface area contributed by atoms with Crippen LogP contribution in [0.2, 0.25) is 0 Å². The third-order valence-electron chi connectivity index (χ3n) is 5.12. The summed E-state index contributed by atoms with van der Waals surface area (Å²) < 4.78 is 0. The van der Waals surface area contributed by atoms with Crippen LogP contribution in [0.4, 0.5) is 0 Å². The molecule has 1 amide bonds. The molecule has 1 aliphatic carbocycles. The Morgan fingerprint density at radius 3 is 2.90 bits per heavy atom. The molecule has 0 bridgehead atoms. The molecule has 2 aliphatic rings. The van der Waals surface area contributed by atoms with Crippen molar-refractivity contribution in [3.8, 4) is 0 Å². The van der Waals surface area contributed by atoms with E-state index in [1.54, 1.807) is 0 Å². The number of nitrogens with two attached hydrogens (primary N) is 1. The molecule has 0 saturated carbocycles. The van der Waals surface area contributed by atoms with E-state index in [4.69, 9.17) is 5.73 Å². The van der Waals surface area contributed by atoms with E-state index in [0.29, 0.717) is 6.42 Å². The van der Waals surface area contributed by atoms with Gasteiger partial charge in [0, 0.05) is 31.0 Å². The fourth-order valence-corrected chi connectivity index (χ4v) is 4.18. The number of nitrogens with zero attached hydrogens (tertiary/aromatic N) is 1. The number of carbonyl (C=O) groups is 1. The average Bonchev–Trinajstić information content (AvgIpc) is 2.47. The van der Waals surface area contributed by atoms with Gasteiger partial charge in [0.1, 0.15) is 0 Å². The molecule has 1 fully saturated rings. The van der Waals surface area contributed by atoms with Crippen LogP contribution in [0.5, 0.6) is 0 Å². The largest absolute Gasteiger partial charge is 0.342 e. The molecule has 3 rings (SSSR count). The summed E-state index contributed by atoms with van der Waals surface area (Å²) in [6, 6.07) is 8.79. The van der Waals surface area contributed by atoms with Crippen molar-refractivity contribution >= 4 is 5.91 Å². The van der Waals surface area contributed by atoms with Gasteiger partial charge in [0.15, 0.2) is 0 Å². The third kappa shape index (κ3) is 2.84. The number of aryl methyl sites for hydroxylation is 1. The van der Waals surface area contributed by atoms with E-state index in [-0.39, 0.29) is 17.4 Å². The van der Waals surface area contributed by atoms with E-state index < -0.39 is 0 Å². The number of rotatable bonds is 2. The van der Waals surface area contributed by atoms with Crippen molar-refractivity contribution in [1.82, 2.24) is 4.90 Å². The average molecular weight is 286 g/mol. The normalized spacial score (nSPS) is 26.5. The minimum absolute atomic E-state index is 0.0472. The molecule has 114 valence electrons. The molecule has 1 aliphatic heterocycles. The summed E-state index contributed by atoms with van der Waals surface area (Å²) in [5.41, 5.74) is 8.98. The summed E-state index contributed by atoms with van der Waals surface area (Å²) in [7, 11) is 0. The fourth-order valence-electron chi connectivity index (χ4n) is 4.18. The van der Waals surface area contributed by atoms with Crippen molar-refractivity contribution in [3.05, 3.63) is 35.4 Å². The smallest absolute Gasteiger partial charge is 0.224 e. The van der Waals surface area contributed by atoms with Gasteiger partial charge in [0.05, 0.1) is 0 Å². The first-order valence-electron chi connectivity index (χ1n) is 8.22. The lowest BCUT2D eigenvalue weighted by Crippen LogP contribution is -2.50. The van der Waals surface area contributed by atoms with Gasteiger partial charge in [0.25, 0.3) is 0 Å². The number of hydrogen-bond acceptors (Lipinski definition) is 2. The number of fused-ring (bicyclic) bond motifs is 2. The van der Waals surface area contributed by atoms with Crippen LogP contribution in [0.1, 0.15) is 50.2 Å². The maximum absolute atomic E-state index is 12.4. The molecular formula is C18H26N2O. The zero-order chi connectivity index (χ0) is 14.9. The molecule has 1 saturated heterocycles. The monoisotopic (exact) mass is 286 g/mol. The second-order valence-corrected chi connectivity index (χ2v) is 6.89. The van der Waals surface area contributed by atoms with Gasteiger partial charge in [-0.05, 0) is 50.2 Å². The van der Waals surface area contributed by atoms with Crippen LogP contribution in [0.3, 0.4) is 0 Å². The van der Waals surface area contributed by atoms with Crippen molar-refractivity contribution in [2.75, 3.05) is 13.1 Å². The zero-order valence-corrected chi connectivity index (χ0v) is 13.0. The summed E-state index contributed by atoms with van der Waals surface area (Å²) >= 11 is 0. The standard InChI is InChI=1S/C18H26N2O/c1-14(19)12-17(21)20-11-5-10-18(13-20)9-4-7-15-6-2-3-8-16(15)18/h2-3,6,8,14H,4-5,7,9-13,19H2,1H3/t14-,18+/m1/s1. The van der Waals surface area contributed by atoms with Crippen LogP contribution in [0.15, 0.2) is 24.3 Å². The Bertz CT molecular complexity index is 526. The van der Waals surface area contributed by atoms with Gasteiger partial charge in [0.2, 0.25) is 5.91 Å². The molecule has 3 heteroatoms. The van der Waals surface area contributed by atoms with Crippen LogP contribution < -0.4 is 5.73 Å². The minimum Gasteiger partial charge on any atom is -0.342 e. The Hall–Kier alpha value is -1.35. The van der Waals surface area contributed by atoms with Gasteiger partial charge in [-0.25, -0.2) is 0 Å². The molecule has 0 unspecified atom stereocenters. The number of carbonyl (C=O) groups excluding carboxylic acids is 1. The number of benzene rings is 1. The first-order valence-corrected chi connectivity index (χ1v) is 8.22. The van der Waals surface area contributed by atoms with E-state index in [2.05, 4.69) is 29.2 Å². The molecule has 2 N–H and O–H groups in total. The molecule has 1 aromatic rings. The van der Waals surface area contributed by atoms with E-state index in [9.17, 15) is 4.79 Å². The lowest BCUT2D eigenvalue weighted by molar-refractivity contribution is -0.133. The highest BCUT2D eigenvalue weighted by molar-refractivity contribution is 5.77. The van der Waals surface area contributed by atoms with Crippen LogP contribution in [0, 0.1) is 0 Å². The number of amides is 1. The van der Waals surface area contributed by atoms with Gasteiger partial charge < -0.3 is 10.6 Å². The first kappa shape index (κ1) is 14.6. The van der Waals surface area contributed by atoms with E-state index in [0.717, 1.165) is 19.5 Å². The topological polar surface area (TPSA) is 46.3 Å². The lowest BCUT2D eigenvalue weighted by Gasteiger charge is -2.46. The molecule has 1 aromatic carbocycles. The van der Waals surface area contributed by atoms with Gasteiger partial charge in [-0.3, -0.25) is 4.79 Å². The highest BCUT2D eigenvalue weighted by Crippen LogP contribution is 2.43. The van der Waals surface area contributed by atoms with Gasteiger partial charge >= 0.3 is 0 Å². The van der Waals surface area contributed by atoms with Crippen LogP contribution >= 0.6 is 0 Å². The molecule has 1 spiro atoms. The Labute approximate surface area is 127 Å². The predicted molar refractivity (Wildman–Crippen MR) is 85.1 cm³/mol. The van der Waals surface area contributed by atoms with Gasteiger partial charge in [-0.2, -0.15) is 0 Å². The Morgan fingerprint density at radius 2 is 2.10 bits per heavy atom. The van der Waals surface area contributed by atoms with Crippen molar-refractivity contribution in [2.24, 2.45) is 5.73 Å². The summed E-state index contributed by atoms with van der Waals surface area (Å²) in [5.74, 6) is 0.229. The Kier molecular flexibility index (Phi) is 4.03. The van der Waals surface area contributed by atoms with Gasteiger partial charge in [-0.15, -0.1) is 0 Å². The summed E-state index contributed by atoms with van der Waals surface area (Å²) in [4.78, 5) is 14.5. The highest BCUT2D eigenvalue weighted by Gasteiger charge is 2.41. The zero-order valence-electron chi connectivity index (χ0n) is 13.0. The summed E-state index contributed by atoms with van der Waals surface area (Å²) in [6.45, 7) is 3.69. The van der Waals surface area contributed by atoms with E-state index in [1.165, 1.54) is 36.8 Å². The van der Waals surface area contributed by atoms with Crippen LogP contribution in [-0.4, -0.2) is 29.9 Å². The summed E-state index contributed by atoms with van der Waals surface area (Å²) in [6.07, 6.45) is 6.44. The molecular weight excluding hydrogens is 260 g/mol. The maximum atomic E-state index is 12.4. The van der Waals surface area contributed by atoms with Crippen molar-refractivity contribution in [1.29, 1.82) is 0 Å².